The fraction of sp³-hybridized carbons (Fsp3) is 0.412. The summed E-state index contributed by atoms with van der Waals surface area (Å²) in [5.41, 5.74) is 3.64. The van der Waals surface area contributed by atoms with Gasteiger partial charge >= 0.3 is 11.9 Å². The SMILES string of the molecule is COc1c2c(cc3c1C(c1cc4cccc5c4n(c1=O)CCC5)CC(=O)O3)C=CCCCC(=O)CCC[C@H](C)OC2=O. The number of aromatic nitrogens is 1. The summed E-state index contributed by atoms with van der Waals surface area (Å²) in [6.07, 6.45) is 8.54. The fourth-order valence-electron chi connectivity index (χ4n) is 6.61. The summed E-state index contributed by atoms with van der Waals surface area (Å²) in [5.74, 6) is -0.961. The number of methoxy groups -OCH3 is 1. The molecular weight excluding hydrogens is 534 g/mol. The smallest absolute Gasteiger partial charge is 0.342 e. The van der Waals surface area contributed by atoms with E-state index in [1.807, 2.05) is 35.8 Å². The lowest BCUT2D eigenvalue weighted by atomic mass is 9.83. The number of benzene rings is 2. The van der Waals surface area contributed by atoms with Crippen LogP contribution in [0.15, 0.2) is 41.2 Å². The highest BCUT2D eigenvalue weighted by molar-refractivity contribution is 5.99. The van der Waals surface area contributed by atoms with Crippen molar-refractivity contribution in [3.05, 3.63) is 74.6 Å². The molecule has 2 aromatic carbocycles. The number of para-hydroxylation sites is 1. The monoisotopic (exact) mass is 569 g/mol. The lowest BCUT2D eigenvalue weighted by molar-refractivity contribution is -0.135. The van der Waals surface area contributed by atoms with Crippen molar-refractivity contribution in [1.82, 2.24) is 4.57 Å². The number of ketones is 1. The Bertz CT molecular complexity index is 1680. The van der Waals surface area contributed by atoms with Gasteiger partial charge in [0.2, 0.25) is 0 Å². The Morgan fingerprint density at radius 2 is 1.83 bits per heavy atom. The Balaban J connectivity index is 1.53. The molecule has 8 heteroatoms. The van der Waals surface area contributed by atoms with Crippen LogP contribution in [-0.2, 0) is 27.3 Å². The second-order valence-electron chi connectivity index (χ2n) is 11.5. The third-order valence-electron chi connectivity index (χ3n) is 8.59. The molecule has 42 heavy (non-hydrogen) atoms. The molecule has 0 N–H and O–H groups in total. The molecule has 6 rings (SSSR count). The minimum absolute atomic E-state index is 0.0576. The maximum absolute atomic E-state index is 14.0. The number of carbonyl (C=O) groups excluding carboxylic acids is 3. The van der Waals surface area contributed by atoms with E-state index < -0.39 is 24.0 Å². The topological polar surface area (TPSA) is 101 Å². The quantitative estimate of drug-likeness (QED) is 0.281. The van der Waals surface area contributed by atoms with E-state index in [1.54, 1.807) is 12.1 Å². The first kappa shape index (κ1) is 27.9. The van der Waals surface area contributed by atoms with Crippen LogP contribution >= 0.6 is 0 Å². The molecule has 3 aliphatic rings. The maximum Gasteiger partial charge on any atom is 0.342 e. The molecule has 0 bridgehead atoms. The molecule has 0 fully saturated rings. The van der Waals surface area contributed by atoms with Crippen LogP contribution in [0.1, 0.15) is 96.8 Å². The Labute approximate surface area is 244 Å². The minimum Gasteiger partial charge on any atom is -0.495 e. The normalized spacial score (nSPS) is 21.1. The van der Waals surface area contributed by atoms with E-state index in [4.69, 9.17) is 14.2 Å². The molecule has 3 aromatic rings. The highest BCUT2D eigenvalue weighted by Crippen LogP contribution is 2.47. The van der Waals surface area contributed by atoms with Gasteiger partial charge in [-0.2, -0.15) is 0 Å². The van der Waals surface area contributed by atoms with Crippen molar-refractivity contribution < 1.29 is 28.6 Å². The predicted octanol–water partition coefficient (Wildman–Crippen LogP) is 5.88. The lowest BCUT2D eigenvalue weighted by Crippen LogP contribution is -2.32. The van der Waals surface area contributed by atoms with Crippen LogP contribution in [-0.4, -0.2) is 35.5 Å². The number of aryl methyl sites for hydroxylation is 2. The average Bonchev–Trinajstić information content (AvgIpc) is 2.97. The largest absolute Gasteiger partial charge is 0.495 e. The summed E-state index contributed by atoms with van der Waals surface area (Å²) < 4.78 is 19.3. The summed E-state index contributed by atoms with van der Waals surface area (Å²) in [7, 11) is 1.48. The fourth-order valence-corrected chi connectivity index (χ4v) is 6.61. The van der Waals surface area contributed by atoms with Crippen molar-refractivity contribution in [3.8, 4) is 11.5 Å². The van der Waals surface area contributed by atoms with Crippen LogP contribution in [0.4, 0.5) is 0 Å². The van der Waals surface area contributed by atoms with Gasteiger partial charge in [0, 0.05) is 36.4 Å². The van der Waals surface area contributed by atoms with E-state index in [9.17, 15) is 19.2 Å². The second kappa shape index (κ2) is 11.6. The first-order valence-electron chi connectivity index (χ1n) is 14.9. The first-order chi connectivity index (χ1) is 20.4. The van der Waals surface area contributed by atoms with Gasteiger partial charge in [-0.25, -0.2) is 4.79 Å². The highest BCUT2D eigenvalue weighted by Gasteiger charge is 2.38. The molecule has 0 amide bonds. The van der Waals surface area contributed by atoms with Crippen LogP contribution in [0.5, 0.6) is 11.5 Å². The zero-order valence-corrected chi connectivity index (χ0v) is 24.1. The molecule has 218 valence electrons. The predicted molar refractivity (Wildman–Crippen MR) is 158 cm³/mol. The molecule has 4 heterocycles. The van der Waals surface area contributed by atoms with Gasteiger partial charge in [0.25, 0.3) is 5.56 Å². The Morgan fingerprint density at radius 3 is 2.67 bits per heavy atom. The Morgan fingerprint density at radius 1 is 1.00 bits per heavy atom. The third kappa shape index (κ3) is 5.14. The van der Waals surface area contributed by atoms with Crippen molar-refractivity contribution in [2.75, 3.05) is 7.11 Å². The van der Waals surface area contributed by atoms with Gasteiger partial charge in [0.05, 0.1) is 25.2 Å². The van der Waals surface area contributed by atoms with Gasteiger partial charge < -0.3 is 18.8 Å². The van der Waals surface area contributed by atoms with E-state index in [1.165, 1.54) is 7.11 Å². The highest BCUT2D eigenvalue weighted by atomic mass is 16.5. The zero-order chi connectivity index (χ0) is 29.4. The van der Waals surface area contributed by atoms with Crippen molar-refractivity contribution in [2.45, 2.75) is 83.3 Å². The minimum atomic E-state index is -0.666. The number of fused-ring (bicyclic) bond motifs is 2. The molecular formula is C34H35NO7. The number of cyclic esters (lactones) is 1. The lowest BCUT2D eigenvalue weighted by Gasteiger charge is -2.29. The van der Waals surface area contributed by atoms with Gasteiger partial charge in [0.15, 0.2) is 0 Å². The average molecular weight is 570 g/mol. The summed E-state index contributed by atoms with van der Waals surface area (Å²) in [4.78, 5) is 52.9. The summed E-state index contributed by atoms with van der Waals surface area (Å²) in [6.45, 7) is 2.42. The van der Waals surface area contributed by atoms with Crippen molar-refractivity contribution in [1.29, 1.82) is 0 Å². The van der Waals surface area contributed by atoms with Gasteiger partial charge in [-0.3, -0.25) is 14.4 Å². The summed E-state index contributed by atoms with van der Waals surface area (Å²) in [5, 5.41) is 0.939. The van der Waals surface area contributed by atoms with Crippen molar-refractivity contribution in [2.24, 2.45) is 0 Å². The number of nitrogens with zero attached hydrogens (tertiary/aromatic N) is 1. The van der Waals surface area contributed by atoms with Crippen molar-refractivity contribution >= 4 is 34.7 Å². The number of rotatable bonds is 2. The molecule has 2 atom stereocenters. The van der Waals surface area contributed by atoms with Gasteiger partial charge in [-0.1, -0.05) is 30.4 Å². The summed E-state index contributed by atoms with van der Waals surface area (Å²) >= 11 is 0. The van der Waals surface area contributed by atoms with Crippen LogP contribution in [0, 0.1) is 0 Å². The number of carbonyl (C=O) groups is 3. The number of allylic oxidation sites excluding steroid dienone is 1. The van der Waals surface area contributed by atoms with Gasteiger partial charge in [-0.05, 0) is 74.1 Å². The van der Waals surface area contributed by atoms with E-state index in [0.29, 0.717) is 61.8 Å². The Kier molecular flexibility index (Phi) is 7.71. The standard InChI is InChI=1S/C34H35NO7/c1-20-9-6-15-24(36)14-5-3-4-10-22-18-27-30(32(40-2)29(22)34(39)41-20)25(19-28(37)42-27)26-17-23-12-7-11-21-13-8-16-35(31(21)23)33(26)38/h4,7,10-12,17-18,20,25H,3,5-6,8-9,13-16,19H2,1-2H3/t20-,25?/m0/s1. The van der Waals surface area contributed by atoms with Gasteiger partial charge in [0.1, 0.15) is 22.8 Å². The molecule has 0 spiro atoms. The number of Topliss-reactive ketones (excluding diaryl/α,β-unsaturated/α-hetero) is 1. The molecule has 1 unspecified atom stereocenters. The van der Waals surface area contributed by atoms with Crippen LogP contribution in [0.2, 0.25) is 0 Å². The van der Waals surface area contributed by atoms with Gasteiger partial charge in [-0.15, -0.1) is 0 Å². The van der Waals surface area contributed by atoms with Crippen LogP contribution < -0.4 is 15.0 Å². The first-order valence-corrected chi connectivity index (χ1v) is 14.9. The molecule has 0 aliphatic carbocycles. The van der Waals surface area contributed by atoms with E-state index >= 15 is 0 Å². The van der Waals surface area contributed by atoms with Crippen LogP contribution in [0.25, 0.3) is 17.0 Å². The van der Waals surface area contributed by atoms with Crippen molar-refractivity contribution in [3.63, 3.8) is 0 Å². The third-order valence-corrected chi connectivity index (χ3v) is 8.59. The molecule has 8 nitrogen and oxygen atoms in total. The van der Waals surface area contributed by atoms with Crippen LogP contribution in [0.3, 0.4) is 0 Å². The molecule has 0 saturated heterocycles. The maximum atomic E-state index is 14.0. The van der Waals surface area contributed by atoms with E-state index in [-0.39, 0.29) is 34.8 Å². The summed E-state index contributed by atoms with van der Waals surface area (Å²) in [6, 6.07) is 9.58. The zero-order valence-electron chi connectivity index (χ0n) is 24.1. The number of pyridine rings is 1. The number of hydrogen-bond donors (Lipinski definition) is 0. The molecule has 0 radical (unpaired) electrons. The number of ether oxygens (including phenoxy) is 3. The number of esters is 2. The Hall–Kier alpha value is -4.20. The molecule has 0 saturated carbocycles. The second-order valence-corrected chi connectivity index (χ2v) is 11.5. The molecule has 1 aromatic heterocycles. The van der Waals surface area contributed by atoms with E-state index in [2.05, 4.69) is 6.07 Å². The van der Waals surface area contributed by atoms with E-state index in [0.717, 1.165) is 29.3 Å². The molecule has 3 aliphatic heterocycles. The number of hydrogen-bond acceptors (Lipinski definition) is 7.